The summed E-state index contributed by atoms with van der Waals surface area (Å²) in [5.41, 5.74) is 1.15. The van der Waals surface area contributed by atoms with Crippen LogP contribution in [-0.2, 0) is 4.74 Å². The lowest BCUT2D eigenvalue weighted by atomic mass is 10.0. The molecule has 3 heteroatoms. The Labute approximate surface area is 116 Å². The predicted molar refractivity (Wildman–Crippen MR) is 78.1 cm³/mol. The molecule has 0 saturated heterocycles. The Kier molecular flexibility index (Phi) is 7.33. The maximum Gasteiger partial charge on any atom is 0.0484 e. The van der Waals surface area contributed by atoms with Crippen molar-refractivity contribution in [2.75, 3.05) is 20.3 Å². The Morgan fingerprint density at radius 1 is 1.17 bits per heavy atom. The molecular weight excluding hydrogens is 246 g/mol. The highest BCUT2D eigenvalue weighted by atomic mass is 35.5. The van der Waals surface area contributed by atoms with E-state index in [4.69, 9.17) is 16.3 Å². The second-order valence-electron chi connectivity index (χ2n) is 4.95. The summed E-state index contributed by atoms with van der Waals surface area (Å²) in [6.45, 7) is 6.03. The van der Waals surface area contributed by atoms with Gasteiger partial charge < -0.3 is 10.1 Å². The van der Waals surface area contributed by atoms with E-state index in [-0.39, 0.29) is 6.04 Å². The normalized spacial score (nSPS) is 12.9. The van der Waals surface area contributed by atoms with Crippen LogP contribution < -0.4 is 5.32 Å². The molecule has 1 N–H and O–H groups in total. The zero-order chi connectivity index (χ0) is 13.4. The fourth-order valence-electron chi connectivity index (χ4n) is 1.84. The molecule has 0 spiro atoms. The molecule has 0 heterocycles. The molecule has 18 heavy (non-hydrogen) atoms. The summed E-state index contributed by atoms with van der Waals surface area (Å²) in [6.07, 6.45) is 2.06. The van der Waals surface area contributed by atoms with Crippen LogP contribution in [0.1, 0.15) is 38.3 Å². The number of halogens is 1. The standard InChI is InChI=1S/C15H24ClNO/c1-12(2)8-10-18-11-9-15(17-3)13-6-4-5-7-14(13)16/h4-7,12,15,17H,8-11H2,1-3H3. The summed E-state index contributed by atoms with van der Waals surface area (Å²) in [5.74, 6) is 0.702. The fraction of sp³-hybridized carbons (Fsp3) is 0.600. The van der Waals surface area contributed by atoms with Gasteiger partial charge in [0.2, 0.25) is 0 Å². The molecular formula is C15H24ClNO. The van der Waals surface area contributed by atoms with Gasteiger partial charge in [-0.2, -0.15) is 0 Å². The molecule has 0 aliphatic rings. The van der Waals surface area contributed by atoms with Crippen LogP contribution in [-0.4, -0.2) is 20.3 Å². The van der Waals surface area contributed by atoms with E-state index in [1.807, 2.05) is 25.2 Å². The molecule has 1 rings (SSSR count). The summed E-state index contributed by atoms with van der Waals surface area (Å²) < 4.78 is 5.66. The van der Waals surface area contributed by atoms with Gasteiger partial charge in [0.25, 0.3) is 0 Å². The van der Waals surface area contributed by atoms with Crippen molar-refractivity contribution in [2.45, 2.75) is 32.7 Å². The smallest absolute Gasteiger partial charge is 0.0484 e. The molecule has 1 aromatic rings. The maximum absolute atomic E-state index is 6.20. The SMILES string of the molecule is CNC(CCOCCC(C)C)c1ccccc1Cl. The highest BCUT2D eigenvalue weighted by molar-refractivity contribution is 6.31. The number of hydrogen-bond donors (Lipinski definition) is 1. The van der Waals surface area contributed by atoms with E-state index < -0.39 is 0 Å². The molecule has 1 aromatic carbocycles. The van der Waals surface area contributed by atoms with Gasteiger partial charge in [-0.05, 0) is 37.4 Å². The van der Waals surface area contributed by atoms with Gasteiger partial charge in [-0.25, -0.2) is 0 Å². The van der Waals surface area contributed by atoms with E-state index in [1.165, 1.54) is 0 Å². The van der Waals surface area contributed by atoms with E-state index in [1.54, 1.807) is 0 Å². The largest absolute Gasteiger partial charge is 0.381 e. The molecule has 0 fully saturated rings. The van der Waals surface area contributed by atoms with Crippen LogP contribution in [0.2, 0.25) is 5.02 Å². The molecule has 0 aliphatic heterocycles. The van der Waals surface area contributed by atoms with Gasteiger partial charge in [0.1, 0.15) is 0 Å². The third-order valence-corrected chi connectivity index (χ3v) is 3.36. The summed E-state index contributed by atoms with van der Waals surface area (Å²) in [5, 5.41) is 4.11. The Bertz CT molecular complexity index is 341. The lowest BCUT2D eigenvalue weighted by molar-refractivity contribution is 0.115. The number of ether oxygens (including phenoxy) is 1. The Hall–Kier alpha value is -0.570. The fourth-order valence-corrected chi connectivity index (χ4v) is 2.10. The van der Waals surface area contributed by atoms with Crippen LogP contribution in [0.25, 0.3) is 0 Å². The Morgan fingerprint density at radius 2 is 1.83 bits per heavy atom. The van der Waals surface area contributed by atoms with Crippen molar-refractivity contribution in [3.8, 4) is 0 Å². The summed E-state index contributed by atoms with van der Waals surface area (Å²) in [4.78, 5) is 0. The minimum atomic E-state index is 0.262. The second kappa shape index (κ2) is 8.52. The Morgan fingerprint density at radius 3 is 2.44 bits per heavy atom. The minimum Gasteiger partial charge on any atom is -0.381 e. The van der Waals surface area contributed by atoms with Crippen LogP contribution in [0.3, 0.4) is 0 Å². The molecule has 0 bridgehead atoms. The van der Waals surface area contributed by atoms with Crippen LogP contribution in [0.4, 0.5) is 0 Å². The number of rotatable bonds is 8. The average Bonchev–Trinajstić information content (AvgIpc) is 2.35. The van der Waals surface area contributed by atoms with Gasteiger partial charge >= 0.3 is 0 Å². The van der Waals surface area contributed by atoms with Crippen molar-refractivity contribution < 1.29 is 4.74 Å². The van der Waals surface area contributed by atoms with Crippen molar-refractivity contribution in [1.29, 1.82) is 0 Å². The van der Waals surface area contributed by atoms with E-state index in [0.717, 1.165) is 36.6 Å². The maximum atomic E-state index is 6.20. The quantitative estimate of drug-likeness (QED) is 0.719. The first kappa shape index (κ1) is 15.5. The zero-order valence-corrected chi connectivity index (χ0v) is 12.3. The summed E-state index contributed by atoms with van der Waals surface area (Å²) in [6, 6.07) is 8.24. The van der Waals surface area contributed by atoms with Gasteiger partial charge in [0, 0.05) is 24.3 Å². The molecule has 1 atom stereocenters. The molecule has 0 aliphatic carbocycles. The van der Waals surface area contributed by atoms with Crippen molar-refractivity contribution in [3.63, 3.8) is 0 Å². The minimum absolute atomic E-state index is 0.262. The third kappa shape index (κ3) is 5.38. The van der Waals surface area contributed by atoms with Crippen LogP contribution in [0.5, 0.6) is 0 Å². The third-order valence-electron chi connectivity index (χ3n) is 3.02. The molecule has 0 amide bonds. The van der Waals surface area contributed by atoms with Crippen molar-refractivity contribution >= 4 is 11.6 Å². The molecule has 0 saturated carbocycles. The van der Waals surface area contributed by atoms with Crippen LogP contribution >= 0.6 is 11.6 Å². The van der Waals surface area contributed by atoms with Crippen LogP contribution in [0, 0.1) is 5.92 Å². The molecule has 0 aromatic heterocycles. The highest BCUT2D eigenvalue weighted by Gasteiger charge is 2.11. The monoisotopic (exact) mass is 269 g/mol. The van der Waals surface area contributed by atoms with Gasteiger partial charge in [-0.3, -0.25) is 0 Å². The van der Waals surface area contributed by atoms with Crippen molar-refractivity contribution in [1.82, 2.24) is 5.32 Å². The predicted octanol–water partition coefficient (Wildman–Crippen LogP) is 4.05. The zero-order valence-electron chi connectivity index (χ0n) is 11.6. The van der Waals surface area contributed by atoms with Gasteiger partial charge in [-0.1, -0.05) is 43.6 Å². The molecule has 1 unspecified atom stereocenters. The van der Waals surface area contributed by atoms with Gasteiger partial charge in [-0.15, -0.1) is 0 Å². The number of hydrogen-bond acceptors (Lipinski definition) is 2. The lowest BCUT2D eigenvalue weighted by Gasteiger charge is -2.18. The van der Waals surface area contributed by atoms with E-state index in [9.17, 15) is 0 Å². The topological polar surface area (TPSA) is 21.3 Å². The second-order valence-corrected chi connectivity index (χ2v) is 5.35. The van der Waals surface area contributed by atoms with Gasteiger partial charge in [0.05, 0.1) is 0 Å². The first-order valence-electron chi connectivity index (χ1n) is 6.64. The van der Waals surface area contributed by atoms with Crippen molar-refractivity contribution in [3.05, 3.63) is 34.9 Å². The highest BCUT2D eigenvalue weighted by Crippen LogP contribution is 2.24. The molecule has 2 nitrogen and oxygen atoms in total. The number of benzene rings is 1. The first-order chi connectivity index (χ1) is 8.65. The van der Waals surface area contributed by atoms with Crippen LogP contribution in [0.15, 0.2) is 24.3 Å². The first-order valence-corrected chi connectivity index (χ1v) is 7.02. The van der Waals surface area contributed by atoms with E-state index in [0.29, 0.717) is 5.92 Å². The molecule has 0 radical (unpaired) electrons. The number of nitrogens with one attached hydrogen (secondary N) is 1. The average molecular weight is 270 g/mol. The van der Waals surface area contributed by atoms with E-state index >= 15 is 0 Å². The van der Waals surface area contributed by atoms with Crippen molar-refractivity contribution in [2.24, 2.45) is 5.92 Å². The molecule has 102 valence electrons. The van der Waals surface area contributed by atoms with Gasteiger partial charge in [0.15, 0.2) is 0 Å². The summed E-state index contributed by atoms with van der Waals surface area (Å²) in [7, 11) is 1.96. The Balaban J connectivity index is 2.36. The van der Waals surface area contributed by atoms with E-state index in [2.05, 4.69) is 25.2 Å². The summed E-state index contributed by atoms with van der Waals surface area (Å²) >= 11 is 6.20. The lowest BCUT2D eigenvalue weighted by Crippen LogP contribution is -2.19.